The van der Waals surface area contributed by atoms with E-state index in [1.807, 2.05) is 68.4 Å². The number of rotatable bonds is 4. The van der Waals surface area contributed by atoms with Gasteiger partial charge in [0.25, 0.3) is 0 Å². The number of thioether (sulfide) groups is 1. The van der Waals surface area contributed by atoms with Crippen LogP contribution in [0.15, 0.2) is 82.8 Å². The third kappa shape index (κ3) is 4.86. The van der Waals surface area contributed by atoms with Crippen molar-refractivity contribution in [2.75, 3.05) is 11.1 Å². The average molecular weight is 414 g/mol. The highest BCUT2D eigenvalue weighted by Crippen LogP contribution is 2.33. The molecule has 0 unspecified atom stereocenters. The van der Waals surface area contributed by atoms with E-state index in [-0.39, 0.29) is 5.91 Å². The lowest BCUT2D eigenvalue weighted by Gasteiger charge is -2.10. The summed E-state index contributed by atoms with van der Waals surface area (Å²) in [5.41, 5.74) is 6.81. The second-order valence-corrected chi connectivity index (χ2v) is 8.30. The molecule has 0 aromatic heterocycles. The molecule has 1 heterocycles. The van der Waals surface area contributed by atoms with Crippen molar-refractivity contribution in [3.8, 4) is 0 Å². The predicted molar refractivity (Wildman–Crippen MR) is 128 cm³/mol. The first kappa shape index (κ1) is 20.1. The van der Waals surface area contributed by atoms with Gasteiger partial charge >= 0.3 is 0 Å². The summed E-state index contributed by atoms with van der Waals surface area (Å²) in [5, 5.41) is 3.90. The normalized spacial score (nSPS) is 13.0. The Balaban J connectivity index is 1.51. The molecular formula is C25H23N3OS. The fourth-order valence-electron chi connectivity index (χ4n) is 3.32. The van der Waals surface area contributed by atoms with E-state index in [1.54, 1.807) is 0 Å². The number of fused-ring (bicyclic) bond motifs is 1. The minimum Gasteiger partial charge on any atom is -0.325 e. The van der Waals surface area contributed by atoms with Gasteiger partial charge in [0.2, 0.25) is 5.91 Å². The van der Waals surface area contributed by atoms with Gasteiger partial charge in [0.05, 0.1) is 27.9 Å². The van der Waals surface area contributed by atoms with Crippen LogP contribution in [0.2, 0.25) is 0 Å². The Labute approximate surface area is 181 Å². The van der Waals surface area contributed by atoms with Gasteiger partial charge in [-0.2, -0.15) is 0 Å². The molecular weight excluding hydrogens is 390 g/mol. The number of carbonyl (C=O) groups excluding carboxylic acids is 1. The molecule has 3 aromatic rings. The summed E-state index contributed by atoms with van der Waals surface area (Å²) in [6.45, 7) is 4.05. The molecule has 1 N–H and O–H groups in total. The highest BCUT2D eigenvalue weighted by molar-refractivity contribution is 8.14. The fourth-order valence-corrected chi connectivity index (χ4v) is 4.10. The van der Waals surface area contributed by atoms with Gasteiger partial charge in [0, 0.05) is 12.1 Å². The number of carbonyl (C=O) groups is 1. The Morgan fingerprint density at radius 3 is 2.37 bits per heavy atom. The Hall–Kier alpha value is -3.18. The lowest BCUT2D eigenvalue weighted by Crippen LogP contribution is -2.17. The molecule has 0 saturated carbocycles. The van der Waals surface area contributed by atoms with Crippen LogP contribution in [0.5, 0.6) is 0 Å². The molecule has 5 heteroatoms. The van der Waals surface area contributed by atoms with Crippen LogP contribution in [0, 0.1) is 13.8 Å². The van der Waals surface area contributed by atoms with Gasteiger partial charge in [-0.25, -0.2) is 4.99 Å². The molecule has 0 bridgehead atoms. The number of anilines is 1. The van der Waals surface area contributed by atoms with Crippen molar-refractivity contribution in [2.24, 2.45) is 9.98 Å². The Bertz CT molecular complexity index is 1140. The Kier molecular flexibility index (Phi) is 6.10. The molecule has 0 fully saturated rings. The number of nitrogens with one attached hydrogen (secondary N) is 1. The number of para-hydroxylation sites is 2. The van der Waals surface area contributed by atoms with Crippen molar-refractivity contribution in [2.45, 2.75) is 20.3 Å². The second kappa shape index (κ2) is 9.09. The van der Waals surface area contributed by atoms with Crippen molar-refractivity contribution in [1.82, 2.24) is 0 Å². The first-order chi connectivity index (χ1) is 14.6. The Morgan fingerprint density at radius 1 is 0.933 bits per heavy atom. The molecule has 0 radical (unpaired) electrons. The number of aliphatic imine (C=N–C) groups is 2. The number of nitrogens with zero attached hydrogens (tertiary/aromatic N) is 2. The first-order valence-corrected chi connectivity index (χ1v) is 10.9. The molecule has 0 saturated heterocycles. The quantitative estimate of drug-likeness (QED) is 0.551. The monoisotopic (exact) mass is 413 g/mol. The highest BCUT2D eigenvalue weighted by atomic mass is 32.2. The van der Waals surface area contributed by atoms with Crippen LogP contribution >= 0.6 is 11.8 Å². The van der Waals surface area contributed by atoms with E-state index in [0.29, 0.717) is 12.2 Å². The molecule has 0 atom stereocenters. The summed E-state index contributed by atoms with van der Waals surface area (Å²) in [7, 11) is 0. The summed E-state index contributed by atoms with van der Waals surface area (Å²) in [5.74, 6) is 0.265. The first-order valence-electron chi connectivity index (χ1n) is 9.88. The second-order valence-electron chi connectivity index (χ2n) is 7.25. The molecule has 1 amide bonds. The van der Waals surface area contributed by atoms with Crippen LogP contribution in [0.25, 0.3) is 0 Å². The maximum absolute atomic E-state index is 12.6. The number of aryl methyl sites for hydroxylation is 2. The van der Waals surface area contributed by atoms with Gasteiger partial charge in [-0.15, -0.1) is 11.8 Å². The van der Waals surface area contributed by atoms with Crippen molar-refractivity contribution in [1.29, 1.82) is 0 Å². The zero-order valence-electron chi connectivity index (χ0n) is 17.1. The zero-order valence-corrected chi connectivity index (χ0v) is 17.9. The van der Waals surface area contributed by atoms with Gasteiger partial charge in [0.15, 0.2) is 0 Å². The van der Waals surface area contributed by atoms with E-state index in [9.17, 15) is 4.79 Å². The van der Waals surface area contributed by atoms with Crippen molar-refractivity contribution in [3.05, 3.63) is 89.5 Å². The summed E-state index contributed by atoms with van der Waals surface area (Å²) in [6.07, 6.45) is 0.597. The average Bonchev–Trinajstić information content (AvgIpc) is 2.94. The van der Waals surface area contributed by atoms with Crippen molar-refractivity contribution < 1.29 is 4.79 Å². The maximum atomic E-state index is 12.6. The standard InChI is InChI=1S/C25H23N3OS/c1-17-12-13-20(18(2)14-17)27-24(29)16-30-25-15-23(19-8-4-3-5-9-19)26-21-10-6-7-11-22(21)28-25/h3-14H,15-16H2,1-2H3,(H,27,29). The fraction of sp³-hybridized carbons (Fsp3) is 0.160. The van der Waals surface area contributed by atoms with E-state index in [2.05, 4.69) is 23.5 Å². The summed E-state index contributed by atoms with van der Waals surface area (Å²) in [6, 6.07) is 24.0. The third-order valence-corrected chi connectivity index (χ3v) is 5.81. The van der Waals surface area contributed by atoms with E-state index >= 15 is 0 Å². The van der Waals surface area contributed by atoms with Crippen LogP contribution in [0.1, 0.15) is 23.1 Å². The summed E-state index contributed by atoms with van der Waals surface area (Å²) < 4.78 is 0. The van der Waals surface area contributed by atoms with Crippen LogP contribution < -0.4 is 5.32 Å². The topological polar surface area (TPSA) is 53.8 Å². The zero-order chi connectivity index (χ0) is 20.9. The third-order valence-electron chi connectivity index (χ3n) is 4.83. The molecule has 0 spiro atoms. The SMILES string of the molecule is Cc1ccc(NC(=O)CSC2=Nc3ccccc3N=C(c3ccccc3)C2)c(C)c1. The molecule has 0 aliphatic carbocycles. The summed E-state index contributed by atoms with van der Waals surface area (Å²) in [4.78, 5) is 22.2. The minimum atomic E-state index is -0.0367. The van der Waals surface area contributed by atoms with Crippen LogP contribution in [-0.2, 0) is 4.79 Å². The minimum absolute atomic E-state index is 0.0367. The Morgan fingerprint density at radius 2 is 1.63 bits per heavy atom. The van der Waals surface area contributed by atoms with Crippen LogP contribution in [-0.4, -0.2) is 22.4 Å². The van der Waals surface area contributed by atoms with Crippen molar-refractivity contribution in [3.63, 3.8) is 0 Å². The molecule has 3 aromatic carbocycles. The predicted octanol–water partition coefficient (Wildman–Crippen LogP) is 6.23. The van der Waals surface area contributed by atoms with Crippen LogP contribution in [0.3, 0.4) is 0 Å². The van der Waals surface area contributed by atoms with Gasteiger partial charge < -0.3 is 5.32 Å². The molecule has 4 rings (SSSR count). The van der Waals surface area contributed by atoms with Gasteiger partial charge in [-0.3, -0.25) is 9.79 Å². The highest BCUT2D eigenvalue weighted by Gasteiger charge is 2.16. The maximum Gasteiger partial charge on any atom is 0.234 e. The lowest BCUT2D eigenvalue weighted by atomic mass is 10.1. The molecule has 30 heavy (non-hydrogen) atoms. The number of amides is 1. The van der Waals surface area contributed by atoms with E-state index in [0.717, 1.165) is 38.9 Å². The van der Waals surface area contributed by atoms with Crippen molar-refractivity contribution >= 4 is 45.5 Å². The number of hydrogen-bond donors (Lipinski definition) is 1. The molecule has 1 aliphatic heterocycles. The van der Waals surface area contributed by atoms with Gasteiger partial charge in [0.1, 0.15) is 0 Å². The molecule has 150 valence electrons. The van der Waals surface area contributed by atoms with E-state index < -0.39 is 0 Å². The van der Waals surface area contributed by atoms with E-state index in [1.165, 1.54) is 17.3 Å². The molecule has 4 nitrogen and oxygen atoms in total. The lowest BCUT2D eigenvalue weighted by molar-refractivity contribution is -0.113. The van der Waals surface area contributed by atoms with E-state index in [4.69, 9.17) is 9.98 Å². The summed E-state index contributed by atoms with van der Waals surface area (Å²) >= 11 is 1.47. The van der Waals surface area contributed by atoms with Gasteiger partial charge in [-0.1, -0.05) is 60.2 Å². The van der Waals surface area contributed by atoms with Crippen LogP contribution in [0.4, 0.5) is 17.1 Å². The van der Waals surface area contributed by atoms with Gasteiger partial charge in [-0.05, 0) is 43.2 Å². The largest absolute Gasteiger partial charge is 0.325 e. The number of benzene rings is 3. The molecule has 1 aliphatic rings. The smallest absolute Gasteiger partial charge is 0.234 e. The number of hydrogen-bond acceptors (Lipinski definition) is 4.